The number of thioether (sulfide) groups is 1. The van der Waals surface area contributed by atoms with Crippen molar-refractivity contribution in [2.45, 2.75) is 10.9 Å². The highest BCUT2D eigenvalue weighted by Crippen LogP contribution is 2.30. The van der Waals surface area contributed by atoms with Crippen LogP contribution in [0.2, 0.25) is 5.02 Å². The van der Waals surface area contributed by atoms with Gasteiger partial charge in [0.2, 0.25) is 5.89 Å². The van der Waals surface area contributed by atoms with E-state index >= 15 is 0 Å². The summed E-state index contributed by atoms with van der Waals surface area (Å²) in [5, 5.41) is 10.3. The Labute approximate surface area is 188 Å². The lowest BCUT2D eigenvalue weighted by Gasteiger charge is -2.10. The molecule has 0 N–H and O–H groups in total. The van der Waals surface area contributed by atoms with E-state index in [-0.39, 0.29) is 0 Å². The maximum atomic E-state index is 6.09. The van der Waals surface area contributed by atoms with Crippen molar-refractivity contribution < 1.29 is 4.42 Å². The Balaban J connectivity index is 1.45. The van der Waals surface area contributed by atoms with Gasteiger partial charge in [-0.15, -0.1) is 10.2 Å². The fraction of sp³-hybridized carbons (Fsp3) is 0.0435. The minimum atomic E-state index is 0.596. The molecule has 5 rings (SSSR count). The van der Waals surface area contributed by atoms with E-state index in [4.69, 9.17) is 16.0 Å². The van der Waals surface area contributed by atoms with Crippen LogP contribution in [0, 0.1) is 0 Å². The Morgan fingerprint density at radius 3 is 2.42 bits per heavy atom. The average Bonchev–Trinajstić information content (AvgIpc) is 3.47. The third-order valence-corrected chi connectivity index (χ3v) is 5.79. The van der Waals surface area contributed by atoms with E-state index in [9.17, 15) is 0 Å². The molecule has 0 bridgehead atoms. The Morgan fingerprint density at radius 2 is 1.65 bits per heavy atom. The summed E-state index contributed by atoms with van der Waals surface area (Å²) in [6, 6.07) is 21.3. The van der Waals surface area contributed by atoms with Gasteiger partial charge < -0.3 is 4.42 Å². The molecule has 6 nitrogen and oxygen atoms in total. The monoisotopic (exact) mass is 445 g/mol. The van der Waals surface area contributed by atoms with Crippen molar-refractivity contribution in [3.8, 4) is 28.5 Å². The van der Waals surface area contributed by atoms with Gasteiger partial charge in [0.1, 0.15) is 6.26 Å². The fourth-order valence-corrected chi connectivity index (χ4v) is 4.05. The molecule has 0 aliphatic carbocycles. The van der Waals surface area contributed by atoms with Crippen LogP contribution in [0.4, 0.5) is 0 Å². The van der Waals surface area contributed by atoms with Crippen molar-refractivity contribution in [3.63, 3.8) is 0 Å². The van der Waals surface area contributed by atoms with E-state index in [0.717, 1.165) is 33.5 Å². The van der Waals surface area contributed by atoms with Crippen LogP contribution in [0.1, 0.15) is 5.69 Å². The lowest BCUT2D eigenvalue weighted by molar-refractivity contribution is 0.573. The predicted molar refractivity (Wildman–Crippen MR) is 121 cm³/mol. The zero-order valence-electron chi connectivity index (χ0n) is 16.2. The van der Waals surface area contributed by atoms with Gasteiger partial charge in [-0.05, 0) is 48.5 Å². The number of hydrogen-bond donors (Lipinski definition) is 0. The molecule has 0 saturated heterocycles. The van der Waals surface area contributed by atoms with Crippen molar-refractivity contribution in [3.05, 3.63) is 96.1 Å². The summed E-state index contributed by atoms with van der Waals surface area (Å²) in [6.07, 6.45) is 5.16. The molecule has 0 fully saturated rings. The molecular formula is C23H16ClN5OS. The number of benzene rings is 2. The van der Waals surface area contributed by atoms with Crippen molar-refractivity contribution in [1.82, 2.24) is 24.7 Å². The third-order valence-electron chi connectivity index (χ3n) is 4.58. The van der Waals surface area contributed by atoms with Gasteiger partial charge in [-0.25, -0.2) is 4.98 Å². The van der Waals surface area contributed by atoms with Crippen LogP contribution in [-0.2, 0) is 5.75 Å². The highest BCUT2D eigenvalue weighted by Gasteiger charge is 2.17. The van der Waals surface area contributed by atoms with Crippen molar-refractivity contribution in [1.29, 1.82) is 0 Å². The maximum absolute atomic E-state index is 6.09. The van der Waals surface area contributed by atoms with Crippen LogP contribution >= 0.6 is 23.4 Å². The highest BCUT2D eigenvalue weighted by atomic mass is 35.5. The van der Waals surface area contributed by atoms with E-state index in [1.54, 1.807) is 30.4 Å². The molecule has 31 heavy (non-hydrogen) atoms. The van der Waals surface area contributed by atoms with Crippen LogP contribution in [0.15, 0.2) is 95.0 Å². The van der Waals surface area contributed by atoms with E-state index in [1.165, 1.54) is 0 Å². The Hall–Kier alpha value is -3.42. The summed E-state index contributed by atoms with van der Waals surface area (Å²) in [5.74, 6) is 1.93. The van der Waals surface area contributed by atoms with Crippen LogP contribution < -0.4 is 0 Å². The third kappa shape index (κ3) is 4.23. The number of nitrogens with zero attached hydrogens (tertiary/aromatic N) is 5. The Bertz CT molecular complexity index is 1290. The quantitative estimate of drug-likeness (QED) is 0.302. The van der Waals surface area contributed by atoms with Crippen molar-refractivity contribution in [2.24, 2.45) is 0 Å². The first-order valence-electron chi connectivity index (χ1n) is 9.52. The maximum Gasteiger partial charge on any atom is 0.226 e. The predicted octanol–water partition coefficient (Wildman–Crippen LogP) is 5.93. The normalized spacial score (nSPS) is 11.0. The minimum absolute atomic E-state index is 0.596. The molecule has 0 saturated carbocycles. The van der Waals surface area contributed by atoms with E-state index < -0.39 is 0 Å². The second-order valence-electron chi connectivity index (χ2n) is 6.65. The Kier molecular flexibility index (Phi) is 5.52. The summed E-state index contributed by atoms with van der Waals surface area (Å²) >= 11 is 7.63. The fourth-order valence-electron chi connectivity index (χ4n) is 3.10. The summed E-state index contributed by atoms with van der Waals surface area (Å²) in [7, 11) is 0. The minimum Gasteiger partial charge on any atom is -0.444 e. The molecule has 5 aromatic rings. The second-order valence-corrected chi connectivity index (χ2v) is 8.03. The first-order valence-corrected chi connectivity index (χ1v) is 10.9. The summed E-state index contributed by atoms with van der Waals surface area (Å²) in [4.78, 5) is 8.70. The van der Waals surface area contributed by atoms with E-state index in [2.05, 4.69) is 20.2 Å². The van der Waals surface area contributed by atoms with Gasteiger partial charge in [-0.3, -0.25) is 9.55 Å². The van der Waals surface area contributed by atoms with Gasteiger partial charge in [0.25, 0.3) is 0 Å². The van der Waals surface area contributed by atoms with Crippen LogP contribution in [0.5, 0.6) is 0 Å². The zero-order valence-corrected chi connectivity index (χ0v) is 17.8. The van der Waals surface area contributed by atoms with Crippen LogP contribution in [0.3, 0.4) is 0 Å². The number of pyridine rings is 1. The SMILES string of the molecule is Clc1ccc(-n2c(SCc3coc(-c4ccccc4)n3)nnc2-c2ccncc2)cc1. The molecule has 0 atom stereocenters. The molecule has 3 aromatic heterocycles. The first kappa shape index (κ1) is 19.5. The van der Waals surface area contributed by atoms with Gasteiger partial charge in [-0.1, -0.05) is 41.6 Å². The van der Waals surface area contributed by atoms with Gasteiger partial charge in [0, 0.05) is 40.0 Å². The first-order chi connectivity index (χ1) is 15.3. The lowest BCUT2D eigenvalue weighted by atomic mass is 10.2. The molecular weight excluding hydrogens is 430 g/mol. The van der Waals surface area contributed by atoms with Crippen LogP contribution in [-0.4, -0.2) is 24.7 Å². The van der Waals surface area contributed by atoms with Crippen LogP contribution in [0.25, 0.3) is 28.5 Å². The molecule has 0 spiro atoms. The average molecular weight is 446 g/mol. The summed E-state index contributed by atoms with van der Waals surface area (Å²) in [6.45, 7) is 0. The van der Waals surface area contributed by atoms with E-state index in [0.29, 0.717) is 16.7 Å². The molecule has 2 aromatic carbocycles. The number of aromatic nitrogens is 5. The summed E-state index contributed by atoms with van der Waals surface area (Å²) in [5.41, 5.74) is 3.63. The Morgan fingerprint density at radius 1 is 0.871 bits per heavy atom. The molecule has 8 heteroatoms. The molecule has 0 unspecified atom stereocenters. The van der Waals surface area contributed by atoms with Crippen molar-refractivity contribution in [2.75, 3.05) is 0 Å². The topological polar surface area (TPSA) is 69.6 Å². The molecule has 0 aliphatic rings. The molecule has 0 radical (unpaired) electrons. The molecule has 0 amide bonds. The van der Waals surface area contributed by atoms with E-state index in [1.807, 2.05) is 71.3 Å². The number of halogens is 1. The van der Waals surface area contributed by atoms with Crippen molar-refractivity contribution >= 4 is 23.4 Å². The van der Waals surface area contributed by atoms with Gasteiger partial charge in [0.15, 0.2) is 11.0 Å². The number of hydrogen-bond acceptors (Lipinski definition) is 6. The molecule has 3 heterocycles. The van der Waals surface area contributed by atoms with Gasteiger partial charge in [-0.2, -0.15) is 0 Å². The smallest absolute Gasteiger partial charge is 0.226 e. The lowest BCUT2D eigenvalue weighted by Crippen LogP contribution is -2.00. The van der Waals surface area contributed by atoms with Gasteiger partial charge in [0.05, 0.1) is 5.69 Å². The summed E-state index contributed by atoms with van der Waals surface area (Å²) < 4.78 is 7.66. The number of oxazole rings is 1. The number of rotatable bonds is 6. The zero-order chi connectivity index (χ0) is 21.0. The largest absolute Gasteiger partial charge is 0.444 e. The van der Waals surface area contributed by atoms with Gasteiger partial charge >= 0.3 is 0 Å². The molecule has 0 aliphatic heterocycles. The highest BCUT2D eigenvalue weighted by molar-refractivity contribution is 7.98. The second kappa shape index (κ2) is 8.75. The molecule has 152 valence electrons. The standard InChI is InChI=1S/C23H16ClN5OS/c24-18-6-8-20(9-7-18)29-21(16-10-12-25-13-11-16)27-28-23(29)31-15-19-14-30-22(26-19)17-4-2-1-3-5-17/h1-14H,15H2.